The standard InChI is InChI=1S/C18H37N3/c1-2-3-4-5-6-11-18(16-19)21-14-12-20(13-15-21)17-9-7-8-10-17/h17-18H,2-16,19H2,1H3. The minimum Gasteiger partial charge on any atom is -0.329 e. The lowest BCUT2D eigenvalue weighted by molar-refractivity contribution is 0.0690. The number of hydrogen-bond acceptors (Lipinski definition) is 3. The first-order chi connectivity index (χ1) is 10.3. The summed E-state index contributed by atoms with van der Waals surface area (Å²) in [4.78, 5) is 5.42. The average molecular weight is 296 g/mol. The van der Waals surface area contributed by atoms with Crippen LogP contribution in [0.25, 0.3) is 0 Å². The average Bonchev–Trinajstić information content (AvgIpc) is 3.06. The second kappa shape index (κ2) is 9.81. The fourth-order valence-corrected chi connectivity index (χ4v) is 4.17. The zero-order chi connectivity index (χ0) is 14.9. The highest BCUT2D eigenvalue weighted by Gasteiger charge is 2.28. The van der Waals surface area contributed by atoms with Gasteiger partial charge in [-0.2, -0.15) is 0 Å². The van der Waals surface area contributed by atoms with Gasteiger partial charge in [-0.25, -0.2) is 0 Å². The van der Waals surface area contributed by atoms with E-state index in [4.69, 9.17) is 5.73 Å². The number of nitrogens with zero attached hydrogens (tertiary/aromatic N) is 2. The van der Waals surface area contributed by atoms with E-state index in [0.29, 0.717) is 6.04 Å². The summed E-state index contributed by atoms with van der Waals surface area (Å²) in [6, 6.07) is 1.54. The van der Waals surface area contributed by atoms with E-state index in [1.807, 2.05) is 0 Å². The van der Waals surface area contributed by atoms with Gasteiger partial charge in [-0.3, -0.25) is 9.80 Å². The van der Waals surface area contributed by atoms with Crippen LogP contribution in [0.2, 0.25) is 0 Å². The van der Waals surface area contributed by atoms with Crippen LogP contribution >= 0.6 is 0 Å². The quantitative estimate of drug-likeness (QED) is 0.663. The molecule has 1 atom stereocenters. The molecule has 0 bridgehead atoms. The molecular weight excluding hydrogens is 258 g/mol. The van der Waals surface area contributed by atoms with Crippen LogP contribution < -0.4 is 5.73 Å². The lowest BCUT2D eigenvalue weighted by atomic mass is 10.0. The monoisotopic (exact) mass is 295 g/mol. The molecule has 1 heterocycles. The van der Waals surface area contributed by atoms with Crippen LogP contribution in [0.3, 0.4) is 0 Å². The Labute approximate surface area is 132 Å². The molecule has 2 fully saturated rings. The second-order valence-corrected chi connectivity index (χ2v) is 7.10. The highest BCUT2D eigenvalue weighted by Crippen LogP contribution is 2.25. The van der Waals surface area contributed by atoms with Crippen LogP contribution in [-0.2, 0) is 0 Å². The Morgan fingerprint density at radius 2 is 1.62 bits per heavy atom. The number of piperazine rings is 1. The third-order valence-electron chi connectivity index (χ3n) is 5.62. The molecule has 3 heteroatoms. The van der Waals surface area contributed by atoms with Gasteiger partial charge in [0.05, 0.1) is 0 Å². The number of hydrogen-bond donors (Lipinski definition) is 1. The predicted octanol–water partition coefficient (Wildman–Crippen LogP) is 3.23. The van der Waals surface area contributed by atoms with Crippen molar-refractivity contribution in [2.45, 2.75) is 83.2 Å². The Balaban J connectivity index is 1.64. The van der Waals surface area contributed by atoms with E-state index in [-0.39, 0.29) is 0 Å². The molecule has 1 aliphatic heterocycles. The van der Waals surface area contributed by atoms with E-state index < -0.39 is 0 Å². The maximum atomic E-state index is 6.05. The molecule has 0 spiro atoms. The molecule has 1 saturated carbocycles. The Morgan fingerprint density at radius 1 is 0.952 bits per heavy atom. The summed E-state index contributed by atoms with van der Waals surface area (Å²) in [5, 5.41) is 0. The van der Waals surface area contributed by atoms with E-state index in [9.17, 15) is 0 Å². The maximum Gasteiger partial charge on any atom is 0.0219 e. The molecule has 0 amide bonds. The Bertz CT molecular complexity index is 255. The van der Waals surface area contributed by atoms with Crippen molar-refractivity contribution in [3.05, 3.63) is 0 Å². The zero-order valence-electron chi connectivity index (χ0n) is 14.2. The normalized spacial score (nSPS) is 23.7. The number of unbranched alkanes of at least 4 members (excludes halogenated alkanes) is 4. The lowest BCUT2D eigenvalue weighted by Crippen LogP contribution is -2.54. The van der Waals surface area contributed by atoms with Crippen LogP contribution in [0.15, 0.2) is 0 Å². The SMILES string of the molecule is CCCCCCCC(CN)N1CCN(C2CCCC2)CC1. The van der Waals surface area contributed by atoms with Gasteiger partial charge in [0.1, 0.15) is 0 Å². The first kappa shape index (κ1) is 17.2. The summed E-state index contributed by atoms with van der Waals surface area (Å²) >= 11 is 0. The van der Waals surface area contributed by atoms with Crippen LogP contribution in [0.1, 0.15) is 71.1 Å². The first-order valence-corrected chi connectivity index (χ1v) is 9.53. The van der Waals surface area contributed by atoms with Gasteiger partial charge >= 0.3 is 0 Å². The van der Waals surface area contributed by atoms with Crippen molar-refractivity contribution in [2.24, 2.45) is 5.73 Å². The van der Waals surface area contributed by atoms with Gasteiger partial charge in [0, 0.05) is 44.8 Å². The molecule has 2 rings (SSSR count). The summed E-state index contributed by atoms with van der Waals surface area (Å²) in [7, 11) is 0. The van der Waals surface area contributed by atoms with Crippen LogP contribution in [0, 0.1) is 0 Å². The summed E-state index contributed by atoms with van der Waals surface area (Å²) < 4.78 is 0. The molecule has 124 valence electrons. The van der Waals surface area contributed by atoms with Gasteiger partial charge in [0.15, 0.2) is 0 Å². The third-order valence-corrected chi connectivity index (χ3v) is 5.62. The second-order valence-electron chi connectivity index (χ2n) is 7.10. The molecule has 0 aromatic heterocycles. The van der Waals surface area contributed by atoms with Crippen molar-refractivity contribution in [3.63, 3.8) is 0 Å². The van der Waals surface area contributed by atoms with Crippen molar-refractivity contribution in [1.82, 2.24) is 9.80 Å². The molecule has 3 nitrogen and oxygen atoms in total. The Morgan fingerprint density at radius 3 is 2.24 bits per heavy atom. The number of nitrogens with two attached hydrogens (primary N) is 1. The van der Waals surface area contributed by atoms with E-state index >= 15 is 0 Å². The van der Waals surface area contributed by atoms with Gasteiger partial charge in [-0.1, -0.05) is 51.9 Å². The first-order valence-electron chi connectivity index (χ1n) is 9.53. The van der Waals surface area contributed by atoms with E-state index in [0.717, 1.165) is 12.6 Å². The fourth-order valence-electron chi connectivity index (χ4n) is 4.17. The van der Waals surface area contributed by atoms with Crippen molar-refractivity contribution in [3.8, 4) is 0 Å². The molecule has 0 aromatic rings. The third kappa shape index (κ3) is 5.54. The van der Waals surface area contributed by atoms with Crippen molar-refractivity contribution >= 4 is 0 Å². The predicted molar refractivity (Wildman–Crippen MR) is 91.6 cm³/mol. The molecule has 2 aliphatic rings. The molecule has 2 N–H and O–H groups in total. The Hall–Kier alpha value is -0.120. The summed E-state index contributed by atoms with van der Waals surface area (Å²) in [5.74, 6) is 0. The van der Waals surface area contributed by atoms with Crippen molar-refractivity contribution in [1.29, 1.82) is 0 Å². The molecule has 1 unspecified atom stereocenters. The number of rotatable bonds is 9. The maximum absolute atomic E-state index is 6.05. The zero-order valence-corrected chi connectivity index (χ0v) is 14.2. The summed E-state index contributed by atoms with van der Waals surface area (Å²) in [6.07, 6.45) is 14.0. The van der Waals surface area contributed by atoms with Crippen LogP contribution in [-0.4, -0.2) is 54.6 Å². The Kier molecular flexibility index (Phi) is 8.05. The van der Waals surface area contributed by atoms with Crippen molar-refractivity contribution < 1.29 is 0 Å². The van der Waals surface area contributed by atoms with Crippen LogP contribution in [0.4, 0.5) is 0 Å². The van der Waals surface area contributed by atoms with Gasteiger partial charge in [0.2, 0.25) is 0 Å². The minimum atomic E-state index is 0.636. The smallest absolute Gasteiger partial charge is 0.0219 e. The topological polar surface area (TPSA) is 32.5 Å². The van der Waals surface area contributed by atoms with E-state index in [1.54, 1.807) is 0 Å². The summed E-state index contributed by atoms with van der Waals surface area (Å²) in [5.41, 5.74) is 6.05. The van der Waals surface area contributed by atoms with Gasteiger partial charge < -0.3 is 5.73 Å². The largest absolute Gasteiger partial charge is 0.329 e. The fraction of sp³-hybridized carbons (Fsp3) is 1.00. The molecule has 1 saturated heterocycles. The van der Waals surface area contributed by atoms with Crippen molar-refractivity contribution in [2.75, 3.05) is 32.7 Å². The molecule has 0 aromatic carbocycles. The minimum absolute atomic E-state index is 0.636. The highest BCUT2D eigenvalue weighted by atomic mass is 15.3. The molecular formula is C18H37N3. The van der Waals surface area contributed by atoms with Gasteiger partial charge in [0.25, 0.3) is 0 Å². The van der Waals surface area contributed by atoms with E-state index in [1.165, 1.54) is 90.4 Å². The van der Waals surface area contributed by atoms with Crippen LogP contribution in [0.5, 0.6) is 0 Å². The molecule has 21 heavy (non-hydrogen) atoms. The van der Waals surface area contributed by atoms with E-state index in [2.05, 4.69) is 16.7 Å². The molecule has 0 radical (unpaired) electrons. The summed E-state index contributed by atoms with van der Waals surface area (Å²) in [6.45, 7) is 8.17. The highest BCUT2D eigenvalue weighted by molar-refractivity contribution is 4.84. The van der Waals surface area contributed by atoms with Gasteiger partial charge in [-0.05, 0) is 19.3 Å². The lowest BCUT2D eigenvalue weighted by Gasteiger charge is -2.41. The van der Waals surface area contributed by atoms with Gasteiger partial charge in [-0.15, -0.1) is 0 Å². The molecule has 1 aliphatic carbocycles.